The number of benzene rings is 2. The molecule has 0 amide bonds. The van der Waals surface area contributed by atoms with Gasteiger partial charge in [0, 0.05) is 11.1 Å². The Kier molecular flexibility index (Phi) is 3.82. The molecule has 0 spiro atoms. The Balaban J connectivity index is 1.85. The van der Waals surface area contributed by atoms with E-state index in [9.17, 15) is 9.18 Å². The van der Waals surface area contributed by atoms with E-state index in [2.05, 4.69) is 0 Å². The number of ether oxygens (including phenoxy) is 2. The fourth-order valence-corrected chi connectivity index (χ4v) is 3.47. The number of hydrogen-bond donors (Lipinski definition) is 0. The second-order valence-electron chi connectivity index (χ2n) is 6.91. The summed E-state index contributed by atoms with van der Waals surface area (Å²) in [5.74, 6) is -1.24. The summed E-state index contributed by atoms with van der Waals surface area (Å²) in [5, 5.41) is 0. The Morgan fingerprint density at radius 3 is 2.64 bits per heavy atom. The number of fused-ring (bicyclic) bond motifs is 2. The third-order valence-corrected chi connectivity index (χ3v) is 4.63. The highest BCUT2D eigenvalue weighted by Crippen LogP contribution is 2.33. The molecule has 128 valence electrons. The van der Waals surface area contributed by atoms with Gasteiger partial charge in [-0.25, -0.2) is 4.39 Å². The quantitative estimate of drug-likeness (QED) is 0.733. The molecule has 1 atom stereocenters. The van der Waals surface area contributed by atoms with E-state index in [1.165, 1.54) is 12.1 Å². The summed E-state index contributed by atoms with van der Waals surface area (Å²) in [4.78, 5) is 13.2. The molecule has 4 heteroatoms. The Morgan fingerprint density at radius 2 is 1.88 bits per heavy atom. The van der Waals surface area contributed by atoms with Gasteiger partial charge in [-0.05, 0) is 55.2 Å². The van der Waals surface area contributed by atoms with Gasteiger partial charge in [0.05, 0.1) is 6.61 Å². The molecular formula is C21H19FO3. The van der Waals surface area contributed by atoms with Crippen molar-refractivity contribution in [2.45, 2.75) is 32.2 Å². The summed E-state index contributed by atoms with van der Waals surface area (Å²) in [6.07, 6.45) is 2.11. The lowest BCUT2D eigenvalue weighted by Gasteiger charge is -2.16. The van der Waals surface area contributed by atoms with E-state index in [0.29, 0.717) is 24.2 Å². The van der Waals surface area contributed by atoms with Gasteiger partial charge < -0.3 is 9.47 Å². The molecule has 1 aliphatic heterocycles. The lowest BCUT2D eigenvalue weighted by atomic mass is 9.95. The Bertz CT molecular complexity index is 882. The molecule has 2 aliphatic rings. The van der Waals surface area contributed by atoms with Gasteiger partial charge >= 0.3 is 0 Å². The van der Waals surface area contributed by atoms with Crippen molar-refractivity contribution >= 4 is 11.4 Å². The predicted octanol–water partition coefficient (Wildman–Crippen LogP) is 4.15. The van der Waals surface area contributed by atoms with Crippen molar-refractivity contribution in [1.29, 1.82) is 0 Å². The smallest absolute Gasteiger partial charge is 0.193 e. The van der Waals surface area contributed by atoms with Gasteiger partial charge in [0.1, 0.15) is 11.9 Å². The van der Waals surface area contributed by atoms with Crippen LogP contribution in [0.3, 0.4) is 0 Å². The van der Waals surface area contributed by atoms with E-state index in [1.807, 2.05) is 44.2 Å². The molecule has 1 heterocycles. The summed E-state index contributed by atoms with van der Waals surface area (Å²) < 4.78 is 25.2. The highest BCUT2D eigenvalue weighted by Gasteiger charge is 2.33. The van der Waals surface area contributed by atoms with Crippen LogP contribution in [0.1, 0.15) is 40.9 Å². The number of carbonyl (C=O) groups excluding carboxylic acids is 1. The second kappa shape index (κ2) is 5.90. The normalized spacial score (nSPS) is 23.2. The van der Waals surface area contributed by atoms with Crippen LogP contribution in [0, 0.1) is 5.82 Å². The van der Waals surface area contributed by atoms with Crippen LogP contribution in [0.4, 0.5) is 4.39 Å². The number of ketones is 1. The molecule has 0 bridgehead atoms. The Labute approximate surface area is 146 Å². The highest BCUT2D eigenvalue weighted by molar-refractivity contribution is 6.30. The number of allylic oxidation sites excluding steroid dienone is 1. The van der Waals surface area contributed by atoms with Crippen LogP contribution in [-0.4, -0.2) is 24.3 Å². The van der Waals surface area contributed by atoms with Gasteiger partial charge in [-0.15, -0.1) is 0 Å². The average Bonchev–Trinajstić information content (AvgIpc) is 2.87. The van der Waals surface area contributed by atoms with Crippen molar-refractivity contribution < 1.29 is 18.7 Å². The van der Waals surface area contributed by atoms with E-state index in [0.717, 1.165) is 16.7 Å². The van der Waals surface area contributed by atoms with E-state index < -0.39 is 11.6 Å². The first-order valence-electron chi connectivity index (χ1n) is 8.38. The van der Waals surface area contributed by atoms with Gasteiger partial charge in [0.15, 0.2) is 11.6 Å². The highest BCUT2D eigenvalue weighted by atomic mass is 19.1. The lowest BCUT2D eigenvalue weighted by Crippen LogP contribution is -2.21. The second-order valence-corrected chi connectivity index (χ2v) is 6.91. The molecule has 0 N–H and O–H groups in total. The Hall–Kier alpha value is -2.30. The molecule has 1 saturated heterocycles. The molecule has 25 heavy (non-hydrogen) atoms. The maximum absolute atomic E-state index is 13.7. The molecule has 3 nitrogen and oxygen atoms in total. The third-order valence-electron chi connectivity index (χ3n) is 4.63. The van der Waals surface area contributed by atoms with Crippen LogP contribution in [0.2, 0.25) is 0 Å². The summed E-state index contributed by atoms with van der Waals surface area (Å²) in [6.45, 7) is 4.08. The van der Waals surface area contributed by atoms with Crippen LogP contribution < -0.4 is 0 Å². The lowest BCUT2D eigenvalue weighted by molar-refractivity contribution is -0.133. The number of Topliss-reactive ketones (excluding diaryl/α,β-unsaturated/α-hetero) is 1. The number of carbonyl (C=O) groups is 1. The van der Waals surface area contributed by atoms with Crippen molar-refractivity contribution in [3.63, 3.8) is 0 Å². The standard InChI is InChI=1S/C21H19FO3/c1-21(2)24-12-16(25-21)11-19-17-6-4-3-5-13(17)9-14-7-8-15(22)10-18(14)20(19)23/h3-8,10-11,16H,9,12H2,1-2H3/t16-/m0/s1. The van der Waals surface area contributed by atoms with Crippen LogP contribution in [0.15, 0.2) is 48.5 Å². The molecule has 1 aliphatic carbocycles. The van der Waals surface area contributed by atoms with Crippen molar-refractivity contribution in [1.82, 2.24) is 0 Å². The molecule has 2 aromatic carbocycles. The largest absolute Gasteiger partial charge is 0.347 e. The van der Waals surface area contributed by atoms with Gasteiger partial charge in [0.25, 0.3) is 0 Å². The van der Waals surface area contributed by atoms with E-state index in [1.54, 1.807) is 6.07 Å². The van der Waals surface area contributed by atoms with Crippen molar-refractivity contribution in [3.8, 4) is 0 Å². The average molecular weight is 338 g/mol. The molecule has 0 radical (unpaired) electrons. The zero-order valence-electron chi connectivity index (χ0n) is 14.2. The predicted molar refractivity (Wildman–Crippen MR) is 92.9 cm³/mol. The topological polar surface area (TPSA) is 35.5 Å². The summed E-state index contributed by atoms with van der Waals surface area (Å²) in [6, 6.07) is 12.2. The number of rotatable bonds is 1. The van der Waals surface area contributed by atoms with Gasteiger partial charge in [-0.2, -0.15) is 0 Å². The maximum Gasteiger partial charge on any atom is 0.193 e. The van der Waals surface area contributed by atoms with Crippen LogP contribution in [0.5, 0.6) is 0 Å². The summed E-state index contributed by atoms with van der Waals surface area (Å²) >= 11 is 0. The third kappa shape index (κ3) is 3.03. The van der Waals surface area contributed by atoms with Crippen molar-refractivity contribution in [3.05, 3.63) is 76.6 Å². The molecule has 1 fully saturated rings. The summed E-state index contributed by atoms with van der Waals surface area (Å²) in [7, 11) is 0. The van der Waals surface area contributed by atoms with E-state index >= 15 is 0 Å². The molecule has 4 rings (SSSR count). The van der Waals surface area contributed by atoms with E-state index in [-0.39, 0.29) is 11.9 Å². The minimum absolute atomic E-state index is 0.173. The van der Waals surface area contributed by atoms with Crippen molar-refractivity contribution in [2.24, 2.45) is 0 Å². The van der Waals surface area contributed by atoms with Gasteiger partial charge in [-0.3, -0.25) is 4.79 Å². The fraction of sp³-hybridized carbons (Fsp3) is 0.286. The zero-order valence-corrected chi connectivity index (χ0v) is 14.2. The van der Waals surface area contributed by atoms with Crippen LogP contribution >= 0.6 is 0 Å². The zero-order chi connectivity index (χ0) is 17.6. The molecule has 0 unspecified atom stereocenters. The minimum atomic E-state index is -0.668. The minimum Gasteiger partial charge on any atom is -0.347 e. The fourth-order valence-electron chi connectivity index (χ4n) is 3.47. The monoisotopic (exact) mass is 338 g/mol. The Morgan fingerprint density at radius 1 is 1.12 bits per heavy atom. The summed E-state index contributed by atoms with van der Waals surface area (Å²) in [5.41, 5.74) is 3.72. The maximum atomic E-state index is 13.7. The molecule has 2 aromatic rings. The molecule has 0 aromatic heterocycles. The number of halogens is 1. The number of hydrogen-bond acceptors (Lipinski definition) is 3. The van der Waals surface area contributed by atoms with Gasteiger partial charge in [0.2, 0.25) is 0 Å². The van der Waals surface area contributed by atoms with Crippen LogP contribution in [0.25, 0.3) is 5.57 Å². The molecular weight excluding hydrogens is 319 g/mol. The van der Waals surface area contributed by atoms with Crippen molar-refractivity contribution in [2.75, 3.05) is 6.61 Å². The first kappa shape index (κ1) is 16.2. The SMILES string of the molecule is CC1(C)OC[C@H](C=C2C(=O)c3cc(F)ccc3Cc3ccccc32)O1. The first-order chi connectivity index (χ1) is 11.9. The van der Waals surface area contributed by atoms with Crippen LogP contribution in [-0.2, 0) is 15.9 Å². The van der Waals surface area contributed by atoms with E-state index in [4.69, 9.17) is 9.47 Å². The van der Waals surface area contributed by atoms with Gasteiger partial charge in [-0.1, -0.05) is 30.3 Å². The first-order valence-corrected chi connectivity index (χ1v) is 8.38. The molecule has 0 saturated carbocycles.